The first kappa shape index (κ1) is 10.7. The van der Waals surface area contributed by atoms with Crippen molar-refractivity contribution in [2.45, 2.75) is 6.92 Å². The van der Waals surface area contributed by atoms with E-state index in [0.717, 1.165) is 11.4 Å². The molecule has 0 fully saturated rings. The maximum Gasteiger partial charge on any atom is 0.171 e. The molecule has 4 nitrogen and oxygen atoms in total. The van der Waals surface area contributed by atoms with Gasteiger partial charge in [-0.2, -0.15) is 5.10 Å². The molecule has 1 heterocycles. The fraction of sp³-hybridized carbons (Fsp3) is 0.333. The van der Waals surface area contributed by atoms with Crippen LogP contribution in [0.3, 0.4) is 0 Å². The fourth-order valence-corrected chi connectivity index (χ4v) is 1.25. The minimum absolute atomic E-state index is 0.584. The Morgan fingerprint density at radius 2 is 2.50 bits per heavy atom. The lowest BCUT2D eigenvalue weighted by Gasteiger charge is -2.06. The number of aryl methyl sites for hydroxylation is 2. The summed E-state index contributed by atoms with van der Waals surface area (Å²) in [6.07, 6.45) is 3.64. The lowest BCUT2D eigenvalue weighted by Crippen LogP contribution is -2.28. The summed E-state index contributed by atoms with van der Waals surface area (Å²) in [6.45, 7) is 6.18. The molecule has 1 rings (SSSR count). The van der Waals surface area contributed by atoms with Crippen LogP contribution in [-0.4, -0.2) is 21.4 Å². The standard InChI is InChI=1S/C9H14N4S/c1-4-5-10-9(14)11-8-6-13(3)12-7(8)2/h4,6H,1,5H2,2-3H3,(H2,10,11,14). The second kappa shape index (κ2) is 4.76. The molecular formula is C9H14N4S. The number of hydrogen-bond donors (Lipinski definition) is 2. The molecule has 0 spiro atoms. The summed E-state index contributed by atoms with van der Waals surface area (Å²) in [5.41, 5.74) is 1.85. The highest BCUT2D eigenvalue weighted by atomic mass is 32.1. The van der Waals surface area contributed by atoms with Crippen LogP contribution in [0.2, 0.25) is 0 Å². The highest BCUT2D eigenvalue weighted by Gasteiger charge is 2.03. The van der Waals surface area contributed by atoms with Crippen molar-refractivity contribution in [3.8, 4) is 0 Å². The quantitative estimate of drug-likeness (QED) is 0.581. The summed E-state index contributed by atoms with van der Waals surface area (Å²) in [5.74, 6) is 0. The molecule has 5 heteroatoms. The highest BCUT2D eigenvalue weighted by molar-refractivity contribution is 7.80. The minimum atomic E-state index is 0.584. The normalized spacial score (nSPS) is 9.57. The lowest BCUT2D eigenvalue weighted by molar-refractivity contribution is 0.756. The third-order valence-electron chi connectivity index (χ3n) is 1.67. The van der Waals surface area contributed by atoms with Crippen LogP contribution in [0, 0.1) is 6.92 Å². The molecule has 0 aromatic carbocycles. The van der Waals surface area contributed by atoms with Crippen molar-refractivity contribution < 1.29 is 0 Å². The first-order chi connectivity index (χ1) is 6.63. The van der Waals surface area contributed by atoms with Gasteiger partial charge >= 0.3 is 0 Å². The van der Waals surface area contributed by atoms with E-state index >= 15 is 0 Å². The van der Waals surface area contributed by atoms with Crippen LogP contribution in [0.15, 0.2) is 18.9 Å². The van der Waals surface area contributed by atoms with Crippen LogP contribution < -0.4 is 10.6 Å². The van der Waals surface area contributed by atoms with Gasteiger partial charge in [0.05, 0.1) is 11.4 Å². The van der Waals surface area contributed by atoms with Gasteiger partial charge in [-0.1, -0.05) is 6.08 Å². The molecule has 1 aromatic rings. The third-order valence-corrected chi connectivity index (χ3v) is 1.92. The summed E-state index contributed by atoms with van der Waals surface area (Å²) in [6, 6.07) is 0. The van der Waals surface area contributed by atoms with Crippen LogP contribution in [0.1, 0.15) is 5.69 Å². The van der Waals surface area contributed by atoms with Crippen molar-refractivity contribution in [1.82, 2.24) is 15.1 Å². The Kier molecular flexibility index (Phi) is 3.64. The molecule has 1 aromatic heterocycles. The van der Waals surface area contributed by atoms with Gasteiger partial charge in [-0.3, -0.25) is 4.68 Å². The second-order valence-corrected chi connectivity index (χ2v) is 3.33. The number of hydrogen-bond acceptors (Lipinski definition) is 2. The number of rotatable bonds is 3. The molecule has 0 radical (unpaired) electrons. The molecular weight excluding hydrogens is 196 g/mol. The summed E-state index contributed by atoms with van der Waals surface area (Å²) in [7, 11) is 1.87. The zero-order valence-electron chi connectivity index (χ0n) is 8.37. The third kappa shape index (κ3) is 2.85. The average molecular weight is 210 g/mol. The molecule has 0 amide bonds. The van der Waals surface area contributed by atoms with Crippen molar-refractivity contribution in [3.05, 3.63) is 24.5 Å². The number of aromatic nitrogens is 2. The Labute approximate surface area is 89.0 Å². The van der Waals surface area contributed by atoms with E-state index in [1.54, 1.807) is 10.8 Å². The van der Waals surface area contributed by atoms with Gasteiger partial charge in [0.15, 0.2) is 5.11 Å². The maximum absolute atomic E-state index is 5.06. The molecule has 0 bridgehead atoms. The molecule has 0 atom stereocenters. The lowest BCUT2D eigenvalue weighted by atomic mass is 10.4. The zero-order chi connectivity index (χ0) is 10.6. The molecule has 0 saturated heterocycles. The Morgan fingerprint density at radius 1 is 1.79 bits per heavy atom. The predicted molar refractivity (Wildman–Crippen MR) is 62.4 cm³/mol. The summed E-state index contributed by atoms with van der Waals surface area (Å²) in [4.78, 5) is 0. The first-order valence-corrected chi connectivity index (χ1v) is 4.70. The van der Waals surface area contributed by atoms with Gasteiger partial charge in [-0.15, -0.1) is 6.58 Å². The Hall–Kier alpha value is -1.36. The molecule has 0 aliphatic heterocycles. The summed E-state index contributed by atoms with van der Waals surface area (Å²) < 4.78 is 1.74. The first-order valence-electron chi connectivity index (χ1n) is 4.29. The van der Waals surface area contributed by atoms with Gasteiger partial charge in [-0.05, 0) is 19.1 Å². The van der Waals surface area contributed by atoms with Crippen LogP contribution in [0.25, 0.3) is 0 Å². The number of thiocarbonyl (C=S) groups is 1. The van der Waals surface area contributed by atoms with Gasteiger partial charge in [0.25, 0.3) is 0 Å². The number of nitrogens with one attached hydrogen (secondary N) is 2. The van der Waals surface area contributed by atoms with Gasteiger partial charge in [0.2, 0.25) is 0 Å². The predicted octanol–water partition coefficient (Wildman–Crippen LogP) is 1.20. The number of nitrogens with zero attached hydrogens (tertiary/aromatic N) is 2. The van der Waals surface area contributed by atoms with E-state index in [-0.39, 0.29) is 0 Å². The SMILES string of the molecule is C=CCNC(=S)Nc1cn(C)nc1C. The van der Waals surface area contributed by atoms with E-state index in [1.165, 1.54) is 0 Å². The van der Waals surface area contributed by atoms with Gasteiger partial charge < -0.3 is 10.6 Å². The van der Waals surface area contributed by atoms with E-state index in [2.05, 4.69) is 22.3 Å². The van der Waals surface area contributed by atoms with E-state index in [4.69, 9.17) is 12.2 Å². The monoisotopic (exact) mass is 210 g/mol. The smallest absolute Gasteiger partial charge is 0.171 e. The highest BCUT2D eigenvalue weighted by Crippen LogP contribution is 2.10. The Morgan fingerprint density at radius 3 is 3.00 bits per heavy atom. The topological polar surface area (TPSA) is 41.9 Å². The van der Waals surface area contributed by atoms with Crippen LogP contribution in [0.5, 0.6) is 0 Å². The minimum Gasteiger partial charge on any atom is -0.359 e. The molecule has 2 N–H and O–H groups in total. The Bertz CT molecular complexity index is 343. The van der Waals surface area contributed by atoms with E-state index in [1.807, 2.05) is 20.2 Å². The molecule has 0 aliphatic carbocycles. The van der Waals surface area contributed by atoms with E-state index in [9.17, 15) is 0 Å². The van der Waals surface area contributed by atoms with Crippen LogP contribution in [0.4, 0.5) is 5.69 Å². The van der Waals surface area contributed by atoms with Gasteiger partial charge in [0.1, 0.15) is 0 Å². The van der Waals surface area contributed by atoms with Gasteiger partial charge in [-0.25, -0.2) is 0 Å². The molecule has 14 heavy (non-hydrogen) atoms. The van der Waals surface area contributed by atoms with Crippen LogP contribution >= 0.6 is 12.2 Å². The van der Waals surface area contributed by atoms with E-state index in [0.29, 0.717) is 11.7 Å². The second-order valence-electron chi connectivity index (χ2n) is 2.93. The average Bonchev–Trinajstić information content (AvgIpc) is 2.42. The van der Waals surface area contributed by atoms with Crippen LogP contribution in [-0.2, 0) is 7.05 Å². The van der Waals surface area contributed by atoms with Crippen molar-refractivity contribution in [3.63, 3.8) is 0 Å². The van der Waals surface area contributed by atoms with Crippen molar-refractivity contribution in [1.29, 1.82) is 0 Å². The number of anilines is 1. The molecule has 76 valence electrons. The summed E-state index contributed by atoms with van der Waals surface area (Å²) >= 11 is 5.06. The fourth-order valence-electron chi connectivity index (χ4n) is 1.05. The summed E-state index contributed by atoms with van der Waals surface area (Å²) in [5, 5.41) is 10.8. The molecule has 0 unspecified atom stereocenters. The van der Waals surface area contributed by atoms with Gasteiger partial charge in [0, 0.05) is 19.8 Å². The maximum atomic E-state index is 5.06. The zero-order valence-corrected chi connectivity index (χ0v) is 9.19. The van der Waals surface area contributed by atoms with Crippen molar-refractivity contribution >= 4 is 23.0 Å². The molecule has 0 aliphatic rings. The van der Waals surface area contributed by atoms with Crippen molar-refractivity contribution in [2.24, 2.45) is 7.05 Å². The molecule has 0 saturated carbocycles. The van der Waals surface area contributed by atoms with E-state index < -0.39 is 0 Å². The van der Waals surface area contributed by atoms with Crippen molar-refractivity contribution in [2.75, 3.05) is 11.9 Å². The Balaban J connectivity index is 2.55. The largest absolute Gasteiger partial charge is 0.359 e.